The molecule has 0 aromatic heterocycles. The van der Waals surface area contributed by atoms with Crippen LogP contribution in [0.3, 0.4) is 0 Å². The number of nitrogens with zero attached hydrogens (tertiary/aromatic N) is 1. The molecule has 0 spiro atoms. The van der Waals surface area contributed by atoms with Crippen LogP contribution >= 0.6 is 0 Å². The topological polar surface area (TPSA) is 37.4 Å². The van der Waals surface area contributed by atoms with Gasteiger partial charge >= 0.3 is 0 Å². The fourth-order valence-electron chi connectivity index (χ4n) is 2.10. The van der Waals surface area contributed by atoms with Crippen molar-refractivity contribution < 1.29 is 8.42 Å². The molecule has 0 aromatic carbocycles. The minimum absolute atomic E-state index is 0.284. The lowest BCUT2D eigenvalue weighted by Gasteiger charge is -2.34. The van der Waals surface area contributed by atoms with Crippen LogP contribution in [0, 0.1) is 11.8 Å². The second-order valence-corrected chi connectivity index (χ2v) is 7.56. The average molecular weight is 233 g/mol. The van der Waals surface area contributed by atoms with E-state index in [1.165, 1.54) is 0 Å². The van der Waals surface area contributed by atoms with Crippen molar-refractivity contribution in [3.05, 3.63) is 0 Å². The summed E-state index contributed by atoms with van der Waals surface area (Å²) in [5.41, 5.74) is 0. The van der Waals surface area contributed by atoms with E-state index >= 15 is 0 Å². The standard InChI is InChI=1S/C11H23NO2S/c1-9(2)11-5-7-12(8-6-11)15(13,14)10(3)4/h9-11H,5-8H2,1-4H3. The number of sulfonamides is 1. The van der Waals surface area contributed by atoms with Crippen molar-refractivity contribution in [2.45, 2.75) is 45.8 Å². The van der Waals surface area contributed by atoms with E-state index in [4.69, 9.17) is 0 Å². The Kier molecular flexibility index (Phi) is 4.18. The summed E-state index contributed by atoms with van der Waals surface area (Å²) in [6.45, 7) is 9.37. The molecule has 0 bridgehead atoms. The third kappa shape index (κ3) is 2.94. The van der Waals surface area contributed by atoms with Gasteiger partial charge in [0.15, 0.2) is 0 Å². The van der Waals surface area contributed by atoms with Crippen LogP contribution in [-0.4, -0.2) is 31.1 Å². The van der Waals surface area contributed by atoms with E-state index in [0.717, 1.165) is 12.8 Å². The molecule has 1 rings (SSSR count). The summed E-state index contributed by atoms with van der Waals surface area (Å²) in [5, 5.41) is -0.284. The van der Waals surface area contributed by atoms with Crippen LogP contribution in [0.25, 0.3) is 0 Å². The molecule has 0 atom stereocenters. The SMILES string of the molecule is CC(C)C1CCN(S(=O)(=O)C(C)C)CC1. The van der Waals surface area contributed by atoms with E-state index in [9.17, 15) is 8.42 Å². The highest BCUT2D eigenvalue weighted by Gasteiger charge is 2.30. The van der Waals surface area contributed by atoms with Gasteiger partial charge in [-0.3, -0.25) is 0 Å². The lowest BCUT2D eigenvalue weighted by Crippen LogP contribution is -2.42. The molecule has 1 saturated heterocycles. The highest BCUT2D eigenvalue weighted by Crippen LogP contribution is 2.26. The molecule has 90 valence electrons. The van der Waals surface area contributed by atoms with E-state index in [0.29, 0.717) is 24.9 Å². The Labute approximate surface area is 93.9 Å². The van der Waals surface area contributed by atoms with Gasteiger partial charge in [-0.15, -0.1) is 0 Å². The molecule has 0 aromatic rings. The van der Waals surface area contributed by atoms with Gasteiger partial charge in [0.1, 0.15) is 0 Å². The highest BCUT2D eigenvalue weighted by atomic mass is 32.2. The summed E-state index contributed by atoms with van der Waals surface area (Å²) >= 11 is 0. The number of hydrogen-bond donors (Lipinski definition) is 0. The summed E-state index contributed by atoms with van der Waals surface area (Å²) in [4.78, 5) is 0. The fraction of sp³-hybridized carbons (Fsp3) is 1.00. The lowest BCUT2D eigenvalue weighted by molar-refractivity contribution is 0.225. The Hall–Kier alpha value is -0.0900. The summed E-state index contributed by atoms with van der Waals surface area (Å²) < 4.78 is 25.4. The second kappa shape index (κ2) is 4.83. The van der Waals surface area contributed by atoms with Crippen molar-refractivity contribution in [3.63, 3.8) is 0 Å². The van der Waals surface area contributed by atoms with E-state index in [1.54, 1.807) is 18.2 Å². The van der Waals surface area contributed by atoms with Crippen molar-refractivity contribution in [1.29, 1.82) is 0 Å². The van der Waals surface area contributed by atoms with Gasteiger partial charge in [-0.05, 0) is 38.5 Å². The zero-order chi connectivity index (χ0) is 11.6. The molecule has 1 aliphatic heterocycles. The van der Waals surface area contributed by atoms with Crippen LogP contribution in [0.2, 0.25) is 0 Å². The quantitative estimate of drug-likeness (QED) is 0.748. The van der Waals surface area contributed by atoms with Crippen molar-refractivity contribution in [2.24, 2.45) is 11.8 Å². The first-order valence-electron chi connectivity index (χ1n) is 5.84. The molecule has 0 N–H and O–H groups in total. The van der Waals surface area contributed by atoms with Gasteiger partial charge in [-0.25, -0.2) is 12.7 Å². The van der Waals surface area contributed by atoms with Crippen molar-refractivity contribution in [1.82, 2.24) is 4.31 Å². The summed E-state index contributed by atoms with van der Waals surface area (Å²) in [7, 11) is -3.02. The van der Waals surface area contributed by atoms with Gasteiger partial charge in [-0.1, -0.05) is 13.8 Å². The number of rotatable bonds is 3. The Morgan fingerprint density at radius 3 is 1.87 bits per heavy atom. The van der Waals surface area contributed by atoms with E-state index in [1.807, 2.05) is 0 Å². The summed E-state index contributed by atoms with van der Waals surface area (Å²) in [5.74, 6) is 1.37. The van der Waals surface area contributed by atoms with Crippen LogP contribution in [0.1, 0.15) is 40.5 Å². The first-order chi connectivity index (χ1) is 6.85. The second-order valence-electron chi connectivity index (χ2n) is 5.07. The number of hydrogen-bond acceptors (Lipinski definition) is 2. The average Bonchev–Trinajstić information content (AvgIpc) is 2.17. The van der Waals surface area contributed by atoms with Crippen LogP contribution in [0.4, 0.5) is 0 Å². The van der Waals surface area contributed by atoms with E-state index in [2.05, 4.69) is 13.8 Å². The van der Waals surface area contributed by atoms with Gasteiger partial charge in [0.2, 0.25) is 10.0 Å². The predicted octanol–water partition coefficient (Wildman–Crippen LogP) is 2.09. The van der Waals surface area contributed by atoms with Crippen LogP contribution in [0.5, 0.6) is 0 Å². The van der Waals surface area contributed by atoms with E-state index in [-0.39, 0.29) is 5.25 Å². The molecule has 0 amide bonds. The third-order valence-electron chi connectivity index (χ3n) is 3.40. The molecule has 0 unspecified atom stereocenters. The molecule has 1 heterocycles. The number of piperidine rings is 1. The highest BCUT2D eigenvalue weighted by molar-refractivity contribution is 7.89. The summed E-state index contributed by atoms with van der Waals surface area (Å²) in [6.07, 6.45) is 2.03. The maximum absolute atomic E-state index is 11.9. The third-order valence-corrected chi connectivity index (χ3v) is 5.67. The first-order valence-corrected chi connectivity index (χ1v) is 7.35. The van der Waals surface area contributed by atoms with Crippen LogP contribution in [-0.2, 0) is 10.0 Å². The van der Waals surface area contributed by atoms with E-state index < -0.39 is 10.0 Å². The molecular formula is C11H23NO2S. The Morgan fingerprint density at radius 1 is 1.07 bits per heavy atom. The Morgan fingerprint density at radius 2 is 1.53 bits per heavy atom. The maximum Gasteiger partial charge on any atom is 0.216 e. The molecule has 3 nitrogen and oxygen atoms in total. The molecule has 1 fully saturated rings. The van der Waals surface area contributed by atoms with Gasteiger partial charge in [-0.2, -0.15) is 0 Å². The zero-order valence-electron chi connectivity index (χ0n) is 10.2. The van der Waals surface area contributed by atoms with Gasteiger partial charge in [0, 0.05) is 13.1 Å². The first kappa shape index (κ1) is 13.0. The van der Waals surface area contributed by atoms with Crippen molar-refractivity contribution in [2.75, 3.05) is 13.1 Å². The smallest absolute Gasteiger partial charge is 0.212 e. The summed E-state index contributed by atoms with van der Waals surface area (Å²) in [6, 6.07) is 0. The minimum atomic E-state index is -3.02. The minimum Gasteiger partial charge on any atom is -0.212 e. The normalized spacial score (nSPS) is 21.5. The molecule has 1 aliphatic rings. The fourth-order valence-corrected chi connectivity index (χ4v) is 3.41. The molecular weight excluding hydrogens is 210 g/mol. The van der Waals surface area contributed by atoms with Crippen molar-refractivity contribution in [3.8, 4) is 0 Å². The molecule has 0 saturated carbocycles. The maximum atomic E-state index is 11.9. The van der Waals surface area contributed by atoms with Gasteiger partial charge in [0.25, 0.3) is 0 Å². The predicted molar refractivity (Wildman–Crippen MR) is 63.2 cm³/mol. The van der Waals surface area contributed by atoms with Gasteiger partial charge < -0.3 is 0 Å². The Bertz CT molecular complexity index is 288. The monoisotopic (exact) mass is 233 g/mol. The van der Waals surface area contributed by atoms with Crippen LogP contribution in [0.15, 0.2) is 0 Å². The Balaban J connectivity index is 2.58. The zero-order valence-corrected chi connectivity index (χ0v) is 11.0. The van der Waals surface area contributed by atoms with Crippen LogP contribution < -0.4 is 0 Å². The largest absolute Gasteiger partial charge is 0.216 e. The molecule has 0 radical (unpaired) electrons. The molecule has 15 heavy (non-hydrogen) atoms. The van der Waals surface area contributed by atoms with Gasteiger partial charge in [0.05, 0.1) is 5.25 Å². The van der Waals surface area contributed by atoms with Crippen molar-refractivity contribution >= 4 is 10.0 Å². The lowest BCUT2D eigenvalue weighted by atomic mass is 9.87. The molecule has 0 aliphatic carbocycles. The molecule has 4 heteroatoms.